The lowest BCUT2D eigenvalue weighted by molar-refractivity contribution is 0.0674. The summed E-state index contributed by atoms with van der Waals surface area (Å²) in [6, 6.07) is 0. The van der Waals surface area contributed by atoms with Crippen LogP contribution < -0.4 is 4.74 Å². The van der Waals surface area contributed by atoms with Gasteiger partial charge in [0.1, 0.15) is 18.0 Å². The molecule has 0 bridgehead atoms. The van der Waals surface area contributed by atoms with E-state index in [9.17, 15) is 4.79 Å². The minimum absolute atomic E-state index is 0.00981. The van der Waals surface area contributed by atoms with Crippen LogP contribution in [0.15, 0.2) is 12.9 Å². The predicted molar refractivity (Wildman–Crippen MR) is 57.3 cm³/mol. The zero-order chi connectivity index (χ0) is 11.5. The Morgan fingerprint density at radius 2 is 2.31 bits per heavy atom. The summed E-state index contributed by atoms with van der Waals surface area (Å²) in [5, 5.41) is 9.07. The van der Waals surface area contributed by atoms with E-state index in [1.165, 1.54) is 12.4 Å². The molecule has 16 heavy (non-hydrogen) atoms. The Hall–Kier alpha value is -1.91. The van der Waals surface area contributed by atoms with Crippen molar-refractivity contribution < 1.29 is 14.6 Å². The SMILES string of the molecule is C=Cc1ncnc(OC2CCC2)c1C(=O)O. The summed E-state index contributed by atoms with van der Waals surface area (Å²) >= 11 is 0. The second-order valence-electron chi connectivity index (χ2n) is 3.62. The number of carboxylic acids is 1. The van der Waals surface area contributed by atoms with Crippen molar-refractivity contribution >= 4 is 12.0 Å². The van der Waals surface area contributed by atoms with E-state index in [1.54, 1.807) is 0 Å². The molecule has 0 aliphatic heterocycles. The van der Waals surface area contributed by atoms with Gasteiger partial charge in [-0.05, 0) is 25.3 Å². The number of carboxylic acid groups (broad SMARTS) is 1. The molecule has 0 radical (unpaired) electrons. The fraction of sp³-hybridized carbons (Fsp3) is 0.364. The van der Waals surface area contributed by atoms with Crippen LogP contribution in [0.25, 0.3) is 6.08 Å². The number of hydrogen-bond donors (Lipinski definition) is 1. The summed E-state index contributed by atoms with van der Waals surface area (Å²) in [7, 11) is 0. The van der Waals surface area contributed by atoms with Crippen LogP contribution >= 0.6 is 0 Å². The number of carbonyl (C=O) groups is 1. The van der Waals surface area contributed by atoms with E-state index in [-0.39, 0.29) is 23.2 Å². The van der Waals surface area contributed by atoms with Gasteiger partial charge in [-0.2, -0.15) is 0 Å². The van der Waals surface area contributed by atoms with Gasteiger partial charge in [-0.15, -0.1) is 0 Å². The highest BCUT2D eigenvalue weighted by molar-refractivity contribution is 5.93. The van der Waals surface area contributed by atoms with E-state index < -0.39 is 5.97 Å². The fourth-order valence-corrected chi connectivity index (χ4v) is 1.47. The molecule has 1 saturated carbocycles. The smallest absolute Gasteiger partial charge is 0.343 e. The highest BCUT2D eigenvalue weighted by atomic mass is 16.5. The Balaban J connectivity index is 2.34. The molecule has 1 N–H and O–H groups in total. The molecule has 1 aromatic heterocycles. The van der Waals surface area contributed by atoms with Gasteiger partial charge < -0.3 is 9.84 Å². The average Bonchev–Trinajstić information content (AvgIpc) is 2.22. The molecule has 0 saturated heterocycles. The second kappa shape index (κ2) is 4.30. The van der Waals surface area contributed by atoms with Crippen LogP contribution in [0.2, 0.25) is 0 Å². The van der Waals surface area contributed by atoms with Gasteiger partial charge in [0.25, 0.3) is 0 Å². The van der Waals surface area contributed by atoms with E-state index in [0.717, 1.165) is 19.3 Å². The van der Waals surface area contributed by atoms with Crippen LogP contribution in [0.1, 0.15) is 35.3 Å². The van der Waals surface area contributed by atoms with E-state index in [0.29, 0.717) is 0 Å². The van der Waals surface area contributed by atoms with Crippen LogP contribution in [0, 0.1) is 0 Å². The van der Waals surface area contributed by atoms with E-state index in [2.05, 4.69) is 16.5 Å². The summed E-state index contributed by atoms with van der Waals surface area (Å²) in [5.41, 5.74) is 0.279. The van der Waals surface area contributed by atoms with Crippen molar-refractivity contribution in [3.63, 3.8) is 0 Å². The predicted octanol–water partition coefficient (Wildman–Crippen LogP) is 1.75. The summed E-state index contributed by atoms with van der Waals surface area (Å²) in [5.74, 6) is -0.952. The molecule has 5 heteroatoms. The molecule has 2 rings (SSSR count). The number of hydrogen-bond acceptors (Lipinski definition) is 4. The van der Waals surface area contributed by atoms with Crippen LogP contribution in [-0.4, -0.2) is 27.1 Å². The molecular formula is C11H12N2O3. The van der Waals surface area contributed by atoms with Crippen molar-refractivity contribution in [2.45, 2.75) is 25.4 Å². The van der Waals surface area contributed by atoms with Crippen molar-refractivity contribution in [3.8, 4) is 5.88 Å². The van der Waals surface area contributed by atoms with Gasteiger partial charge in [0.05, 0.1) is 5.69 Å². The monoisotopic (exact) mass is 220 g/mol. The van der Waals surface area contributed by atoms with Gasteiger partial charge in [-0.3, -0.25) is 0 Å². The highest BCUT2D eigenvalue weighted by Crippen LogP contribution is 2.27. The lowest BCUT2D eigenvalue weighted by Crippen LogP contribution is -2.26. The Morgan fingerprint density at radius 3 is 2.81 bits per heavy atom. The molecule has 5 nitrogen and oxygen atoms in total. The number of aromatic nitrogens is 2. The van der Waals surface area contributed by atoms with Gasteiger partial charge in [0, 0.05) is 0 Å². The van der Waals surface area contributed by atoms with Gasteiger partial charge in [-0.25, -0.2) is 14.8 Å². The number of rotatable bonds is 4. The minimum atomic E-state index is -1.09. The second-order valence-corrected chi connectivity index (χ2v) is 3.62. The standard InChI is InChI=1S/C11H12N2O3/c1-2-8-9(11(14)15)10(13-6-12-8)16-7-4-3-5-7/h2,6-7H,1,3-5H2,(H,14,15). The lowest BCUT2D eigenvalue weighted by Gasteiger charge is -2.26. The summed E-state index contributed by atoms with van der Waals surface area (Å²) in [4.78, 5) is 18.8. The first-order valence-corrected chi connectivity index (χ1v) is 5.09. The number of aromatic carboxylic acids is 1. The molecule has 1 heterocycles. The molecule has 0 atom stereocenters. The average molecular weight is 220 g/mol. The van der Waals surface area contributed by atoms with Crippen molar-refractivity contribution in [1.29, 1.82) is 0 Å². The minimum Gasteiger partial charge on any atom is -0.477 e. The molecule has 1 aliphatic carbocycles. The quantitative estimate of drug-likeness (QED) is 0.836. The van der Waals surface area contributed by atoms with Gasteiger partial charge >= 0.3 is 5.97 Å². The summed E-state index contributed by atoms with van der Waals surface area (Å²) < 4.78 is 5.51. The van der Waals surface area contributed by atoms with Crippen LogP contribution in [0.3, 0.4) is 0 Å². The maximum atomic E-state index is 11.1. The summed E-state index contributed by atoms with van der Waals surface area (Å²) in [6.07, 6.45) is 5.78. The normalized spacial score (nSPS) is 15.2. The van der Waals surface area contributed by atoms with Crippen LogP contribution in [0.5, 0.6) is 5.88 Å². The zero-order valence-corrected chi connectivity index (χ0v) is 8.72. The Bertz CT molecular complexity index is 427. The van der Waals surface area contributed by atoms with E-state index >= 15 is 0 Å². The first-order valence-electron chi connectivity index (χ1n) is 5.09. The molecule has 0 spiro atoms. The third kappa shape index (κ3) is 1.88. The maximum absolute atomic E-state index is 11.1. The van der Waals surface area contributed by atoms with Gasteiger partial charge in [0.2, 0.25) is 5.88 Å². The van der Waals surface area contributed by atoms with E-state index in [1.807, 2.05) is 0 Å². The summed E-state index contributed by atoms with van der Waals surface area (Å²) in [6.45, 7) is 3.52. The van der Waals surface area contributed by atoms with Crippen molar-refractivity contribution in [2.75, 3.05) is 0 Å². The van der Waals surface area contributed by atoms with Crippen molar-refractivity contribution in [2.24, 2.45) is 0 Å². The first kappa shape index (κ1) is 10.6. The molecule has 0 unspecified atom stereocenters. The highest BCUT2D eigenvalue weighted by Gasteiger charge is 2.24. The van der Waals surface area contributed by atoms with Gasteiger partial charge in [-0.1, -0.05) is 6.58 Å². The zero-order valence-electron chi connectivity index (χ0n) is 8.72. The Kier molecular flexibility index (Phi) is 2.85. The van der Waals surface area contributed by atoms with Crippen LogP contribution in [0.4, 0.5) is 0 Å². The molecule has 0 amide bonds. The molecule has 84 valence electrons. The molecule has 1 aliphatic rings. The third-order valence-corrected chi connectivity index (χ3v) is 2.58. The molecular weight excluding hydrogens is 208 g/mol. The van der Waals surface area contributed by atoms with Gasteiger partial charge in [0.15, 0.2) is 0 Å². The first-order chi connectivity index (χ1) is 7.72. The largest absolute Gasteiger partial charge is 0.477 e. The molecule has 1 aromatic rings. The van der Waals surface area contributed by atoms with E-state index in [4.69, 9.17) is 9.84 Å². The number of nitrogens with zero attached hydrogens (tertiary/aromatic N) is 2. The Morgan fingerprint density at radius 1 is 1.56 bits per heavy atom. The van der Waals surface area contributed by atoms with Crippen LogP contribution in [-0.2, 0) is 0 Å². The maximum Gasteiger partial charge on any atom is 0.343 e. The lowest BCUT2D eigenvalue weighted by atomic mass is 9.96. The third-order valence-electron chi connectivity index (χ3n) is 2.58. The van der Waals surface area contributed by atoms with Crippen molar-refractivity contribution in [3.05, 3.63) is 24.2 Å². The molecule has 0 aromatic carbocycles. The van der Waals surface area contributed by atoms with Crippen molar-refractivity contribution in [1.82, 2.24) is 9.97 Å². The topological polar surface area (TPSA) is 72.3 Å². The number of ether oxygens (including phenoxy) is 1. The molecule has 1 fully saturated rings. The fourth-order valence-electron chi connectivity index (χ4n) is 1.47. The Labute approximate surface area is 92.8 Å².